The quantitative estimate of drug-likeness (QED) is 0.706. The van der Waals surface area contributed by atoms with Gasteiger partial charge in [0.1, 0.15) is 5.82 Å². The smallest absolute Gasteiger partial charge is 0.338 e. The summed E-state index contributed by atoms with van der Waals surface area (Å²) in [6.07, 6.45) is 0. The van der Waals surface area contributed by atoms with E-state index in [0.717, 1.165) is 11.4 Å². The Hall–Kier alpha value is -3.92. The predicted octanol–water partition coefficient (Wildman–Crippen LogP) is 2.85. The van der Waals surface area contributed by atoms with Crippen molar-refractivity contribution in [3.8, 4) is 11.8 Å². The van der Waals surface area contributed by atoms with Gasteiger partial charge in [-0.1, -0.05) is 18.2 Å². The van der Waals surface area contributed by atoms with Gasteiger partial charge in [0, 0.05) is 6.07 Å². The molecule has 0 radical (unpaired) electrons. The first-order valence-corrected chi connectivity index (χ1v) is 8.16. The Bertz CT molecular complexity index is 1000. The number of hydrogen-bond donors (Lipinski definition) is 1. The molecular formula is C20H16N4O3. The van der Waals surface area contributed by atoms with Crippen molar-refractivity contribution >= 4 is 17.7 Å². The number of carbonyl (C=O) groups excluding carboxylic acids is 2. The Balaban J connectivity index is 1.63. The third kappa shape index (κ3) is 4.38. The first kappa shape index (κ1) is 17.9. The van der Waals surface area contributed by atoms with Gasteiger partial charge in [0.05, 0.1) is 28.6 Å². The first-order chi connectivity index (χ1) is 13.1. The van der Waals surface area contributed by atoms with E-state index in [1.54, 1.807) is 10.7 Å². The number of rotatable bonds is 5. The predicted molar refractivity (Wildman–Crippen MR) is 98.4 cm³/mol. The number of amides is 1. The van der Waals surface area contributed by atoms with E-state index in [2.05, 4.69) is 10.4 Å². The van der Waals surface area contributed by atoms with E-state index in [1.165, 1.54) is 24.3 Å². The number of esters is 1. The van der Waals surface area contributed by atoms with Gasteiger partial charge in [-0.15, -0.1) is 0 Å². The van der Waals surface area contributed by atoms with Crippen molar-refractivity contribution in [3.63, 3.8) is 0 Å². The van der Waals surface area contributed by atoms with Crippen molar-refractivity contribution in [1.82, 2.24) is 9.78 Å². The Kier molecular flexibility index (Phi) is 5.28. The lowest BCUT2D eigenvalue weighted by Gasteiger charge is -2.09. The Morgan fingerprint density at radius 1 is 1.15 bits per heavy atom. The van der Waals surface area contributed by atoms with E-state index in [-0.39, 0.29) is 5.56 Å². The van der Waals surface area contributed by atoms with E-state index in [9.17, 15) is 9.59 Å². The Morgan fingerprint density at radius 2 is 1.85 bits per heavy atom. The molecule has 0 aliphatic carbocycles. The fourth-order valence-electron chi connectivity index (χ4n) is 2.43. The average molecular weight is 360 g/mol. The van der Waals surface area contributed by atoms with Gasteiger partial charge in [0.25, 0.3) is 5.91 Å². The van der Waals surface area contributed by atoms with Gasteiger partial charge in [-0.05, 0) is 43.3 Å². The zero-order valence-electron chi connectivity index (χ0n) is 14.5. The minimum absolute atomic E-state index is 0.270. The molecule has 1 amide bonds. The maximum absolute atomic E-state index is 12.2. The van der Waals surface area contributed by atoms with Gasteiger partial charge in [-0.3, -0.25) is 4.79 Å². The molecule has 1 N–H and O–H groups in total. The molecule has 1 aromatic heterocycles. The number of nitrogens with one attached hydrogen (secondary N) is 1. The van der Waals surface area contributed by atoms with Crippen molar-refractivity contribution in [2.75, 3.05) is 11.9 Å². The second-order valence-corrected chi connectivity index (χ2v) is 5.73. The Labute approximate surface area is 155 Å². The molecule has 27 heavy (non-hydrogen) atoms. The molecule has 0 saturated carbocycles. The van der Waals surface area contributed by atoms with E-state index in [4.69, 9.17) is 10.00 Å². The number of carbonyl (C=O) groups is 2. The number of para-hydroxylation sites is 1. The molecule has 7 nitrogen and oxygen atoms in total. The first-order valence-electron chi connectivity index (χ1n) is 8.16. The number of benzene rings is 2. The standard InChI is InChI=1S/C20H16N4O3/c1-14-11-18(24(23-14)17-5-3-2-4-6-17)22-19(25)13-27-20(26)16-9-7-15(12-21)8-10-16/h2-11H,13H2,1H3,(H,22,25). The summed E-state index contributed by atoms with van der Waals surface area (Å²) < 4.78 is 6.63. The number of hydrogen-bond acceptors (Lipinski definition) is 5. The number of nitrogens with zero attached hydrogens (tertiary/aromatic N) is 3. The number of aromatic nitrogens is 2. The number of ether oxygens (including phenoxy) is 1. The second-order valence-electron chi connectivity index (χ2n) is 5.73. The molecule has 3 aromatic rings. The van der Waals surface area contributed by atoms with E-state index in [1.807, 2.05) is 43.3 Å². The van der Waals surface area contributed by atoms with Crippen molar-refractivity contribution in [2.24, 2.45) is 0 Å². The molecule has 0 atom stereocenters. The van der Waals surface area contributed by atoms with Crippen LogP contribution in [-0.2, 0) is 9.53 Å². The number of nitriles is 1. The van der Waals surface area contributed by atoms with Crippen molar-refractivity contribution in [2.45, 2.75) is 6.92 Å². The highest BCUT2D eigenvalue weighted by Gasteiger charge is 2.14. The molecule has 0 saturated heterocycles. The number of aryl methyl sites for hydroxylation is 1. The third-order valence-corrected chi connectivity index (χ3v) is 3.68. The minimum atomic E-state index is -0.637. The summed E-state index contributed by atoms with van der Waals surface area (Å²) in [5.41, 5.74) is 2.25. The lowest BCUT2D eigenvalue weighted by atomic mass is 10.1. The van der Waals surface area contributed by atoms with Crippen molar-refractivity contribution < 1.29 is 14.3 Å². The lowest BCUT2D eigenvalue weighted by Crippen LogP contribution is -2.22. The fourth-order valence-corrected chi connectivity index (χ4v) is 2.43. The molecule has 0 aliphatic rings. The van der Waals surface area contributed by atoms with Crippen LogP contribution >= 0.6 is 0 Å². The summed E-state index contributed by atoms with van der Waals surface area (Å²) in [5.74, 6) is -0.630. The monoisotopic (exact) mass is 360 g/mol. The van der Waals surface area contributed by atoms with Crippen LogP contribution in [0, 0.1) is 18.3 Å². The molecule has 0 aliphatic heterocycles. The van der Waals surface area contributed by atoms with E-state index in [0.29, 0.717) is 11.4 Å². The Morgan fingerprint density at radius 3 is 2.52 bits per heavy atom. The largest absolute Gasteiger partial charge is 0.452 e. The molecule has 1 heterocycles. The van der Waals surface area contributed by atoms with Crippen LogP contribution in [0.1, 0.15) is 21.6 Å². The highest BCUT2D eigenvalue weighted by Crippen LogP contribution is 2.16. The average Bonchev–Trinajstić information content (AvgIpc) is 3.07. The van der Waals surface area contributed by atoms with Crippen LogP contribution in [0.2, 0.25) is 0 Å². The number of anilines is 1. The molecule has 0 spiro atoms. The molecule has 7 heteroatoms. The van der Waals surface area contributed by atoms with Crippen LogP contribution in [0.3, 0.4) is 0 Å². The molecule has 134 valence electrons. The maximum atomic E-state index is 12.2. The maximum Gasteiger partial charge on any atom is 0.338 e. The van der Waals surface area contributed by atoms with Crippen LogP contribution in [0.15, 0.2) is 60.7 Å². The molecule has 2 aromatic carbocycles. The van der Waals surface area contributed by atoms with Crippen LogP contribution < -0.4 is 5.32 Å². The SMILES string of the molecule is Cc1cc(NC(=O)COC(=O)c2ccc(C#N)cc2)n(-c2ccccc2)n1. The van der Waals surface area contributed by atoms with Crippen molar-refractivity contribution in [3.05, 3.63) is 77.5 Å². The van der Waals surface area contributed by atoms with Crippen LogP contribution in [-0.4, -0.2) is 28.3 Å². The summed E-state index contributed by atoms with van der Waals surface area (Å²) in [4.78, 5) is 24.2. The summed E-state index contributed by atoms with van der Waals surface area (Å²) in [5, 5.41) is 15.8. The van der Waals surface area contributed by atoms with E-state index < -0.39 is 18.5 Å². The van der Waals surface area contributed by atoms with Gasteiger partial charge >= 0.3 is 5.97 Å². The highest BCUT2D eigenvalue weighted by molar-refractivity contribution is 5.95. The summed E-state index contributed by atoms with van der Waals surface area (Å²) in [6.45, 7) is 1.39. The summed E-state index contributed by atoms with van der Waals surface area (Å²) in [6, 6.07) is 19.0. The normalized spacial score (nSPS) is 10.1. The van der Waals surface area contributed by atoms with Gasteiger partial charge in [0.15, 0.2) is 6.61 Å². The van der Waals surface area contributed by atoms with Gasteiger partial charge in [-0.25, -0.2) is 9.48 Å². The minimum Gasteiger partial charge on any atom is -0.452 e. The van der Waals surface area contributed by atoms with Gasteiger partial charge in [-0.2, -0.15) is 10.4 Å². The molecular weight excluding hydrogens is 344 g/mol. The van der Waals surface area contributed by atoms with E-state index >= 15 is 0 Å². The molecule has 0 fully saturated rings. The highest BCUT2D eigenvalue weighted by atomic mass is 16.5. The zero-order chi connectivity index (χ0) is 19.2. The van der Waals surface area contributed by atoms with Gasteiger partial charge < -0.3 is 10.1 Å². The summed E-state index contributed by atoms with van der Waals surface area (Å²) >= 11 is 0. The molecule has 0 unspecified atom stereocenters. The zero-order valence-corrected chi connectivity index (χ0v) is 14.5. The second kappa shape index (κ2) is 7.97. The van der Waals surface area contributed by atoms with Crippen molar-refractivity contribution in [1.29, 1.82) is 5.26 Å². The molecule has 0 bridgehead atoms. The summed E-state index contributed by atoms with van der Waals surface area (Å²) in [7, 11) is 0. The fraction of sp³-hybridized carbons (Fsp3) is 0.100. The topological polar surface area (TPSA) is 97.0 Å². The molecule has 3 rings (SSSR count). The van der Waals surface area contributed by atoms with Crippen LogP contribution in [0.4, 0.5) is 5.82 Å². The van der Waals surface area contributed by atoms with Crippen LogP contribution in [0.5, 0.6) is 0 Å². The third-order valence-electron chi connectivity index (χ3n) is 3.68. The van der Waals surface area contributed by atoms with Gasteiger partial charge in [0.2, 0.25) is 0 Å². The lowest BCUT2D eigenvalue weighted by molar-refractivity contribution is -0.119. The van der Waals surface area contributed by atoms with Crippen LogP contribution in [0.25, 0.3) is 5.69 Å².